The predicted octanol–water partition coefficient (Wildman–Crippen LogP) is 4.20. The van der Waals surface area contributed by atoms with Gasteiger partial charge in [0.1, 0.15) is 0 Å². The monoisotopic (exact) mass is 383 g/mol. The van der Waals surface area contributed by atoms with Crippen LogP contribution < -0.4 is 15.5 Å². The summed E-state index contributed by atoms with van der Waals surface area (Å²) in [5.74, 6) is 0.133. The molecule has 4 nitrogen and oxygen atoms in total. The Morgan fingerprint density at radius 1 is 1.22 bits per heavy atom. The summed E-state index contributed by atoms with van der Waals surface area (Å²) < 4.78 is 0. The minimum Gasteiger partial charge on any atom is -0.374 e. The summed E-state index contributed by atoms with van der Waals surface area (Å²) in [4.78, 5) is 14.4. The molecule has 0 unspecified atom stereocenters. The third-order valence-corrected chi connectivity index (χ3v) is 6.43. The molecule has 27 heavy (non-hydrogen) atoms. The van der Waals surface area contributed by atoms with E-state index < -0.39 is 5.41 Å². The largest absolute Gasteiger partial charge is 0.374 e. The first-order valence-electron chi connectivity index (χ1n) is 9.43. The molecule has 1 saturated heterocycles. The van der Waals surface area contributed by atoms with Crippen LogP contribution >= 0.6 is 11.6 Å². The fourth-order valence-corrected chi connectivity index (χ4v) is 5.05. The summed E-state index contributed by atoms with van der Waals surface area (Å²) in [5.41, 5.74) is 4.67. The van der Waals surface area contributed by atoms with Crippen molar-refractivity contribution in [3.8, 4) is 0 Å². The number of aryl methyl sites for hydroxylation is 1. The van der Waals surface area contributed by atoms with Crippen LogP contribution in [0.15, 0.2) is 36.4 Å². The molecule has 1 fully saturated rings. The van der Waals surface area contributed by atoms with Crippen LogP contribution in [0.25, 0.3) is 0 Å². The van der Waals surface area contributed by atoms with Gasteiger partial charge in [-0.1, -0.05) is 29.8 Å². The highest BCUT2D eigenvalue weighted by Gasteiger charge is 2.43. The van der Waals surface area contributed by atoms with Crippen LogP contribution in [-0.2, 0) is 15.7 Å². The lowest BCUT2D eigenvalue weighted by Gasteiger charge is -2.34. The number of carbonyl (C=O) groups is 1. The van der Waals surface area contributed by atoms with Gasteiger partial charge in [-0.25, -0.2) is 0 Å². The molecule has 0 aromatic heterocycles. The van der Waals surface area contributed by atoms with Crippen molar-refractivity contribution in [2.24, 2.45) is 0 Å². The van der Waals surface area contributed by atoms with Gasteiger partial charge in [-0.3, -0.25) is 4.79 Å². The van der Waals surface area contributed by atoms with E-state index in [1.54, 1.807) is 4.90 Å². The summed E-state index contributed by atoms with van der Waals surface area (Å²) in [5, 5.41) is 8.03. The molecule has 5 heteroatoms. The van der Waals surface area contributed by atoms with Gasteiger partial charge in [-0.05, 0) is 63.1 Å². The van der Waals surface area contributed by atoms with Crippen molar-refractivity contribution in [1.29, 1.82) is 0 Å². The van der Waals surface area contributed by atoms with Gasteiger partial charge < -0.3 is 15.5 Å². The molecule has 0 saturated carbocycles. The average Bonchev–Trinajstić information content (AvgIpc) is 3.14. The van der Waals surface area contributed by atoms with Crippen molar-refractivity contribution in [1.82, 2.24) is 5.32 Å². The van der Waals surface area contributed by atoms with Crippen molar-refractivity contribution < 1.29 is 4.79 Å². The van der Waals surface area contributed by atoms with E-state index in [0.29, 0.717) is 0 Å². The number of rotatable bonds is 3. The van der Waals surface area contributed by atoms with Crippen LogP contribution in [0.5, 0.6) is 0 Å². The standard InChI is InChI=1S/C22H26ClN3O/c1-14-6-5-7-17(23)19(14)22(10-11-24-13-22)25-15-8-9-16-18(12-15)26(4)20(27)21(16,2)3/h5-9,12,24-25H,10-11,13H2,1-4H3/t22-/m1/s1. The number of halogens is 1. The van der Waals surface area contributed by atoms with Gasteiger partial charge in [0.2, 0.25) is 5.91 Å². The number of likely N-dealkylation sites (N-methyl/N-ethyl adjacent to an activating group) is 1. The summed E-state index contributed by atoms with van der Waals surface area (Å²) in [7, 11) is 1.85. The number of anilines is 2. The summed E-state index contributed by atoms with van der Waals surface area (Å²) in [6.45, 7) is 7.84. The van der Waals surface area contributed by atoms with Crippen molar-refractivity contribution in [3.05, 3.63) is 58.1 Å². The van der Waals surface area contributed by atoms with Crippen LogP contribution in [0, 0.1) is 6.92 Å². The normalized spacial score (nSPS) is 23.6. The molecule has 2 aromatic rings. The third-order valence-electron chi connectivity index (χ3n) is 6.11. The molecule has 2 aliphatic heterocycles. The van der Waals surface area contributed by atoms with E-state index >= 15 is 0 Å². The van der Waals surface area contributed by atoms with Crippen LogP contribution in [0.3, 0.4) is 0 Å². The first kappa shape index (κ1) is 18.3. The first-order valence-corrected chi connectivity index (χ1v) is 9.81. The maximum absolute atomic E-state index is 12.6. The highest BCUT2D eigenvalue weighted by Crippen LogP contribution is 2.44. The molecule has 2 aromatic carbocycles. The Hall–Kier alpha value is -2.04. The smallest absolute Gasteiger partial charge is 0.236 e. The van der Waals surface area contributed by atoms with Crippen LogP contribution in [0.1, 0.15) is 37.0 Å². The van der Waals surface area contributed by atoms with Gasteiger partial charge in [-0.2, -0.15) is 0 Å². The Kier molecular flexibility index (Phi) is 4.24. The van der Waals surface area contributed by atoms with Crippen LogP contribution in [0.2, 0.25) is 5.02 Å². The van der Waals surface area contributed by atoms with Gasteiger partial charge in [0.25, 0.3) is 0 Å². The zero-order chi connectivity index (χ0) is 19.4. The SMILES string of the molecule is Cc1cccc(Cl)c1[C@@]1(Nc2ccc3c(c2)N(C)C(=O)C3(C)C)CCNC1. The Balaban J connectivity index is 1.76. The van der Waals surface area contributed by atoms with Crippen molar-refractivity contribution in [2.45, 2.75) is 38.1 Å². The second-order valence-electron chi connectivity index (χ2n) is 8.29. The minimum atomic E-state index is -0.478. The van der Waals surface area contributed by atoms with E-state index in [1.165, 1.54) is 5.56 Å². The number of benzene rings is 2. The molecule has 2 heterocycles. The van der Waals surface area contributed by atoms with Crippen molar-refractivity contribution >= 4 is 28.9 Å². The highest BCUT2D eigenvalue weighted by atomic mass is 35.5. The molecule has 1 amide bonds. The van der Waals surface area contributed by atoms with Gasteiger partial charge in [-0.15, -0.1) is 0 Å². The van der Waals surface area contributed by atoms with E-state index in [0.717, 1.165) is 47.0 Å². The Morgan fingerprint density at radius 3 is 2.67 bits per heavy atom. The van der Waals surface area contributed by atoms with Gasteiger partial charge >= 0.3 is 0 Å². The lowest BCUT2D eigenvalue weighted by atomic mass is 9.84. The molecular formula is C22H26ClN3O. The summed E-state index contributed by atoms with van der Waals surface area (Å²) in [6.07, 6.45) is 0.953. The minimum absolute atomic E-state index is 0.133. The number of hydrogen-bond acceptors (Lipinski definition) is 3. The lowest BCUT2D eigenvalue weighted by molar-refractivity contribution is -0.121. The van der Waals surface area contributed by atoms with Crippen LogP contribution in [0.4, 0.5) is 11.4 Å². The average molecular weight is 384 g/mol. The zero-order valence-electron chi connectivity index (χ0n) is 16.3. The Labute approximate surface area is 165 Å². The first-order chi connectivity index (χ1) is 12.8. The Bertz CT molecular complexity index is 896. The van der Waals surface area contributed by atoms with Crippen LogP contribution in [-0.4, -0.2) is 26.0 Å². The number of amides is 1. The molecule has 1 atom stereocenters. The van der Waals surface area contributed by atoms with E-state index in [9.17, 15) is 4.79 Å². The molecule has 2 aliphatic rings. The summed E-state index contributed by atoms with van der Waals surface area (Å²) >= 11 is 6.62. The molecule has 4 rings (SSSR count). The maximum atomic E-state index is 12.6. The van der Waals surface area contributed by atoms with Gasteiger partial charge in [0.15, 0.2) is 0 Å². The molecule has 0 bridgehead atoms. The lowest BCUT2D eigenvalue weighted by Crippen LogP contribution is -2.38. The van der Waals surface area contributed by atoms with Gasteiger partial charge in [0, 0.05) is 35.6 Å². The van der Waals surface area contributed by atoms with E-state index in [-0.39, 0.29) is 11.4 Å². The molecular weight excluding hydrogens is 358 g/mol. The maximum Gasteiger partial charge on any atom is 0.236 e. The van der Waals surface area contributed by atoms with E-state index in [2.05, 4.69) is 41.8 Å². The van der Waals surface area contributed by atoms with Crippen molar-refractivity contribution in [3.63, 3.8) is 0 Å². The molecule has 0 aliphatic carbocycles. The number of carbonyl (C=O) groups excluding carboxylic acids is 1. The molecule has 2 N–H and O–H groups in total. The fourth-order valence-electron chi connectivity index (χ4n) is 4.65. The van der Waals surface area contributed by atoms with Gasteiger partial charge in [0.05, 0.1) is 11.0 Å². The fraction of sp³-hybridized carbons (Fsp3) is 0.409. The zero-order valence-corrected chi connectivity index (χ0v) is 17.1. The van der Waals surface area contributed by atoms with Crippen molar-refractivity contribution in [2.75, 3.05) is 30.4 Å². The Morgan fingerprint density at radius 2 is 2.00 bits per heavy atom. The second kappa shape index (κ2) is 6.25. The van der Waals surface area contributed by atoms with E-state index in [4.69, 9.17) is 11.6 Å². The molecule has 142 valence electrons. The quantitative estimate of drug-likeness (QED) is 0.834. The molecule has 0 radical (unpaired) electrons. The number of hydrogen-bond donors (Lipinski definition) is 2. The summed E-state index contributed by atoms with van der Waals surface area (Å²) in [6, 6.07) is 12.3. The third kappa shape index (κ3) is 2.74. The predicted molar refractivity (Wildman–Crippen MR) is 112 cm³/mol. The molecule has 0 spiro atoms. The van der Waals surface area contributed by atoms with E-state index in [1.807, 2.05) is 33.0 Å². The topological polar surface area (TPSA) is 44.4 Å². The highest BCUT2D eigenvalue weighted by molar-refractivity contribution is 6.31. The number of nitrogens with zero attached hydrogens (tertiary/aromatic N) is 1. The second-order valence-corrected chi connectivity index (χ2v) is 8.69. The number of fused-ring (bicyclic) bond motifs is 1. The number of nitrogens with one attached hydrogen (secondary N) is 2.